The van der Waals surface area contributed by atoms with Crippen molar-refractivity contribution in [3.63, 3.8) is 0 Å². The molecule has 45 heavy (non-hydrogen) atoms. The van der Waals surface area contributed by atoms with Gasteiger partial charge >= 0.3 is 21.1 Å². The van der Waals surface area contributed by atoms with Gasteiger partial charge in [0.25, 0.3) is 0 Å². The summed E-state index contributed by atoms with van der Waals surface area (Å²) < 4.78 is 2.04. The fourth-order valence-corrected chi connectivity index (χ4v) is 6.25. The van der Waals surface area contributed by atoms with E-state index in [0.717, 1.165) is 83.2 Å². The first kappa shape index (κ1) is 27.2. The number of pyridine rings is 3. The van der Waals surface area contributed by atoms with Crippen LogP contribution in [0.25, 0.3) is 83.2 Å². The number of hydrogen-bond acceptors (Lipinski definition) is 3. The molecule has 0 saturated heterocycles. The van der Waals surface area contributed by atoms with Crippen molar-refractivity contribution in [1.29, 1.82) is 0 Å². The second-order valence-corrected chi connectivity index (χ2v) is 10.9. The Balaban J connectivity index is 0.00000300. The van der Waals surface area contributed by atoms with E-state index in [1.165, 1.54) is 0 Å². The Kier molecular flexibility index (Phi) is 6.62. The number of hydrogen-bond donors (Lipinski definition) is 0. The molecule has 5 heterocycles. The number of nitrogens with zero attached hydrogens (tertiary/aromatic N) is 5. The van der Waals surface area contributed by atoms with Crippen LogP contribution in [-0.4, -0.2) is 19.5 Å². The van der Waals surface area contributed by atoms with Gasteiger partial charge in [-0.2, -0.15) is 5.52 Å². The van der Waals surface area contributed by atoms with E-state index in [4.69, 9.17) is 19.9 Å². The molecule has 0 amide bonds. The van der Waals surface area contributed by atoms with Crippen LogP contribution in [0.1, 0.15) is 0 Å². The number of benzene rings is 4. The van der Waals surface area contributed by atoms with E-state index in [0.29, 0.717) is 0 Å². The summed E-state index contributed by atoms with van der Waals surface area (Å²) in [6.07, 6.45) is 3.62. The van der Waals surface area contributed by atoms with Gasteiger partial charge < -0.3 is 4.98 Å². The van der Waals surface area contributed by atoms with Gasteiger partial charge in [0.2, 0.25) is 0 Å². The van der Waals surface area contributed by atoms with Crippen molar-refractivity contribution in [3.05, 3.63) is 146 Å². The van der Waals surface area contributed by atoms with E-state index in [-0.39, 0.29) is 21.1 Å². The maximum absolute atomic E-state index is 5.19. The second-order valence-electron chi connectivity index (χ2n) is 10.9. The van der Waals surface area contributed by atoms with Crippen molar-refractivity contribution in [2.24, 2.45) is 0 Å². The molecule has 4 aromatic carbocycles. The molecule has 0 bridgehead atoms. The topological polar surface area (TPSA) is 57.7 Å². The van der Waals surface area contributed by atoms with E-state index in [1.807, 2.05) is 59.4 Å². The van der Waals surface area contributed by atoms with Crippen LogP contribution in [0.5, 0.6) is 0 Å². The quantitative estimate of drug-likeness (QED) is 0.168. The molecule has 214 valence electrons. The summed E-state index contributed by atoms with van der Waals surface area (Å²) in [5.74, 6) is 0.756. The molecule has 0 radical (unpaired) electrons. The Labute approximate surface area is 273 Å². The predicted octanol–water partition coefficient (Wildman–Crippen LogP) is 9.03. The monoisotopic (exact) mass is 756 g/mol. The largest absolute Gasteiger partial charge is 2.00 e. The van der Waals surface area contributed by atoms with Crippen molar-refractivity contribution in [3.8, 4) is 39.3 Å². The molecule has 5 aromatic heterocycles. The first-order valence-electron chi connectivity index (χ1n) is 14.6. The molecule has 9 aromatic rings. The molecule has 0 aliphatic heterocycles. The van der Waals surface area contributed by atoms with Gasteiger partial charge in [-0.3, -0.25) is 9.55 Å². The van der Waals surface area contributed by atoms with Gasteiger partial charge in [-0.1, -0.05) is 102 Å². The van der Waals surface area contributed by atoms with Gasteiger partial charge in [0.05, 0.1) is 0 Å². The molecule has 0 spiro atoms. The molecule has 6 heteroatoms. The smallest absolute Gasteiger partial charge is 0.663 e. The fraction of sp³-hybridized carbons (Fsp3) is 0. The van der Waals surface area contributed by atoms with Crippen LogP contribution < -0.4 is 4.98 Å². The third kappa shape index (κ3) is 4.47. The zero-order valence-corrected chi connectivity index (χ0v) is 26.1. The van der Waals surface area contributed by atoms with Crippen LogP contribution in [0.4, 0.5) is 0 Å². The van der Waals surface area contributed by atoms with E-state index >= 15 is 0 Å². The predicted molar refractivity (Wildman–Crippen MR) is 178 cm³/mol. The summed E-state index contributed by atoms with van der Waals surface area (Å²) in [5.41, 5.74) is 9.59. The molecule has 0 fully saturated rings. The maximum Gasteiger partial charge on any atom is 2.00 e. The van der Waals surface area contributed by atoms with Crippen molar-refractivity contribution < 1.29 is 21.1 Å². The summed E-state index contributed by atoms with van der Waals surface area (Å²) in [4.78, 5) is 19.7. The van der Waals surface area contributed by atoms with Crippen LogP contribution in [0.2, 0.25) is 0 Å². The Hall–Kier alpha value is -5.38. The minimum Gasteiger partial charge on any atom is -0.663 e. The first-order chi connectivity index (χ1) is 21.8. The van der Waals surface area contributed by atoms with Gasteiger partial charge in [0.15, 0.2) is 0 Å². The second kappa shape index (κ2) is 11.0. The van der Waals surface area contributed by atoms with E-state index in [1.54, 1.807) is 0 Å². The molecule has 0 aliphatic rings. The first-order valence-corrected chi connectivity index (χ1v) is 14.6. The zero-order valence-electron chi connectivity index (χ0n) is 23.8. The summed E-state index contributed by atoms with van der Waals surface area (Å²) in [6, 6.07) is 47.4. The van der Waals surface area contributed by atoms with E-state index < -0.39 is 0 Å². The van der Waals surface area contributed by atoms with Crippen LogP contribution in [0, 0.1) is 6.07 Å². The van der Waals surface area contributed by atoms with Crippen LogP contribution in [-0.2, 0) is 21.1 Å². The number of fused-ring (bicyclic) bond motifs is 6. The minimum atomic E-state index is 0. The molecular formula is C39H23N5Pt. The van der Waals surface area contributed by atoms with Crippen LogP contribution in [0.15, 0.2) is 140 Å². The zero-order chi connectivity index (χ0) is 29.0. The van der Waals surface area contributed by atoms with E-state index in [9.17, 15) is 0 Å². The third-order valence-electron chi connectivity index (χ3n) is 8.26. The summed E-state index contributed by atoms with van der Waals surface area (Å²) in [6.45, 7) is 0. The average Bonchev–Trinajstić information content (AvgIpc) is 3.65. The Bertz CT molecular complexity index is 2460. The molecule has 5 nitrogen and oxygen atoms in total. The maximum atomic E-state index is 5.19. The normalized spacial score (nSPS) is 11.4. The van der Waals surface area contributed by atoms with Crippen molar-refractivity contribution in [1.82, 2.24) is 24.5 Å². The van der Waals surface area contributed by atoms with Crippen LogP contribution in [0.3, 0.4) is 0 Å². The fourth-order valence-electron chi connectivity index (χ4n) is 6.25. The standard InChI is InChI=1S/C39H23N5.Pt/c1-2-10-25(11-3-1)26-22-27(29-13-6-14-31-30-12-4-5-17-35(30)43-37(29)31)24-28(23-26)34-18-7-19-36(42-34)44-38-32(15-8-20-40-38)33-16-9-21-41-39(33)44;/h1-23H;/q-2;+2. The summed E-state index contributed by atoms with van der Waals surface area (Å²) in [7, 11) is 0. The number of rotatable bonds is 4. The van der Waals surface area contributed by atoms with Gasteiger partial charge in [-0.05, 0) is 46.7 Å². The van der Waals surface area contributed by atoms with Crippen molar-refractivity contribution in [2.75, 3.05) is 0 Å². The van der Waals surface area contributed by atoms with Crippen LogP contribution >= 0.6 is 0 Å². The van der Waals surface area contributed by atoms with Gasteiger partial charge in [0, 0.05) is 28.9 Å². The Morgan fingerprint density at radius 1 is 0.556 bits per heavy atom. The number of para-hydroxylation sites is 2. The minimum absolute atomic E-state index is 0. The Morgan fingerprint density at radius 2 is 1.22 bits per heavy atom. The molecule has 0 unspecified atom stereocenters. The van der Waals surface area contributed by atoms with Crippen molar-refractivity contribution >= 4 is 43.9 Å². The molecule has 9 rings (SSSR count). The van der Waals surface area contributed by atoms with E-state index in [2.05, 4.69) is 91.0 Å². The van der Waals surface area contributed by atoms with Gasteiger partial charge in [0.1, 0.15) is 17.1 Å². The third-order valence-corrected chi connectivity index (χ3v) is 8.26. The molecule has 0 aliphatic carbocycles. The molecule has 0 atom stereocenters. The summed E-state index contributed by atoms with van der Waals surface area (Å²) in [5, 5.41) is 4.40. The Morgan fingerprint density at radius 3 is 2.02 bits per heavy atom. The average molecular weight is 757 g/mol. The number of aromatic nitrogens is 5. The SMILES string of the molecule is [Pt+2].[c-]1c(-c2cccc(-n3c4ncccc4c4cccnc43)n2)cc(-c2ccccc2)cc1-c1cccc2c1[n-]c1ccccc12. The molecular weight excluding hydrogens is 734 g/mol. The van der Waals surface area contributed by atoms with Crippen molar-refractivity contribution in [2.45, 2.75) is 0 Å². The van der Waals surface area contributed by atoms with Gasteiger partial charge in [-0.25, -0.2) is 9.97 Å². The summed E-state index contributed by atoms with van der Waals surface area (Å²) >= 11 is 0. The molecule has 0 N–H and O–H groups in total. The van der Waals surface area contributed by atoms with Gasteiger partial charge in [-0.15, -0.1) is 29.3 Å². The molecule has 0 saturated carbocycles.